The van der Waals surface area contributed by atoms with Crippen LogP contribution in [0.3, 0.4) is 0 Å². The van der Waals surface area contributed by atoms with Crippen LogP contribution in [-0.4, -0.2) is 41.5 Å². The predicted octanol–water partition coefficient (Wildman–Crippen LogP) is 2.17. The van der Waals surface area contributed by atoms with Gasteiger partial charge in [0.2, 0.25) is 0 Å². The monoisotopic (exact) mass is 306 g/mol. The number of allylic oxidation sites excluding steroid dienone is 1. The second-order valence-corrected chi connectivity index (χ2v) is 5.30. The smallest absolute Gasteiger partial charge is 0.404 e. The van der Waals surface area contributed by atoms with Gasteiger partial charge in [-0.15, -0.1) is 6.58 Å². The molecule has 5 heteroatoms. The van der Waals surface area contributed by atoms with Crippen LogP contribution < -0.4 is 10.6 Å². The minimum absolute atomic E-state index is 0.367. The summed E-state index contributed by atoms with van der Waals surface area (Å²) in [5.41, 5.74) is 0.992. The van der Waals surface area contributed by atoms with Crippen molar-refractivity contribution < 1.29 is 15.0 Å². The van der Waals surface area contributed by atoms with E-state index in [0.717, 1.165) is 31.4 Å². The van der Waals surface area contributed by atoms with Gasteiger partial charge < -0.3 is 20.8 Å². The molecule has 0 aromatic heterocycles. The van der Waals surface area contributed by atoms with E-state index in [1.54, 1.807) is 0 Å². The molecule has 0 aliphatic carbocycles. The highest BCUT2D eigenvalue weighted by molar-refractivity contribution is 5.65. The fourth-order valence-electron chi connectivity index (χ4n) is 2.24. The molecule has 0 unspecified atom stereocenters. The number of nitrogens with one attached hydrogen (secondary N) is 2. The Bertz CT molecular complexity index is 437. The van der Waals surface area contributed by atoms with Gasteiger partial charge in [-0.2, -0.15) is 0 Å². The van der Waals surface area contributed by atoms with Crippen molar-refractivity contribution in [2.75, 3.05) is 13.1 Å². The van der Waals surface area contributed by atoms with Gasteiger partial charge in [0.05, 0.1) is 12.1 Å². The lowest BCUT2D eigenvalue weighted by Gasteiger charge is -2.23. The Kier molecular flexibility index (Phi) is 8.95. The lowest BCUT2D eigenvalue weighted by Crippen LogP contribution is -2.48. The first-order valence-corrected chi connectivity index (χ1v) is 7.66. The van der Waals surface area contributed by atoms with E-state index >= 15 is 0 Å². The molecule has 0 radical (unpaired) electrons. The largest absolute Gasteiger partial charge is 0.465 e. The number of carbonyl (C=O) groups is 1. The molecule has 1 aromatic rings. The molecule has 1 amide bonds. The van der Waals surface area contributed by atoms with Crippen LogP contribution >= 0.6 is 0 Å². The van der Waals surface area contributed by atoms with Crippen LogP contribution in [0.4, 0.5) is 4.79 Å². The second kappa shape index (κ2) is 10.8. The molecule has 122 valence electrons. The standard InChI is InChI=1S/C17H26N2O3/c1-2-3-4-8-11-18-13-16(20)15(19-17(21)22)12-14-9-6-5-7-10-14/h2,5-7,9-10,15-16,18-20H,1,3-4,8,11-13H2,(H,21,22)/t15-,16+/m0/s1. The molecule has 0 spiro atoms. The lowest BCUT2D eigenvalue weighted by molar-refractivity contribution is 0.118. The molecule has 0 aliphatic rings. The number of hydrogen-bond donors (Lipinski definition) is 4. The van der Waals surface area contributed by atoms with E-state index in [4.69, 9.17) is 5.11 Å². The molecule has 4 N–H and O–H groups in total. The van der Waals surface area contributed by atoms with E-state index in [1.807, 2.05) is 36.4 Å². The first-order valence-electron chi connectivity index (χ1n) is 7.66. The lowest BCUT2D eigenvalue weighted by atomic mass is 10.0. The molecular weight excluding hydrogens is 280 g/mol. The summed E-state index contributed by atoms with van der Waals surface area (Å²) in [6.45, 7) is 4.84. The van der Waals surface area contributed by atoms with Crippen molar-refractivity contribution >= 4 is 6.09 Å². The van der Waals surface area contributed by atoms with E-state index in [2.05, 4.69) is 17.2 Å². The SMILES string of the molecule is C=CCCCCNC[C@@H](O)[C@H](Cc1ccccc1)NC(=O)O. The molecule has 0 saturated carbocycles. The average Bonchev–Trinajstić information content (AvgIpc) is 2.50. The normalized spacial score (nSPS) is 13.3. The minimum atomic E-state index is -1.12. The van der Waals surface area contributed by atoms with Crippen LogP contribution in [0, 0.1) is 0 Å². The van der Waals surface area contributed by atoms with Crippen molar-refractivity contribution in [1.29, 1.82) is 0 Å². The van der Waals surface area contributed by atoms with Crippen molar-refractivity contribution in [3.05, 3.63) is 48.6 Å². The van der Waals surface area contributed by atoms with Gasteiger partial charge in [0.25, 0.3) is 0 Å². The van der Waals surface area contributed by atoms with Crippen LogP contribution in [0.1, 0.15) is 24.8 Å². The molecule has 0 fully saturated rings. The molecule has 2 atom stereocenters. The molecule has 0 saturated heterocycles. The Balaban J connectivity index is 2.41. The third kappa shape index (κ3) is 7.81. The summed E-state index contributed by atoms with van der Waals surface area (Å²) in [4.78, 5) is 10.9. The Morgan fingerprint density at radius 1 is 1.27 bits per heavy atom. The minimum Gasteiger partial charge on any atom is -0.465 e. The molecule has 0 heterocycles. The van der Waals surface area contributed by atoms with E-state index in [9.17, 15) is 9.90 Å². The van der Waals surface area contributed by atoms with E-state index < -0.39 is 18.2 Å². The zero-order chi connectivity index (χ0) is 16.2. The average molecular weight is 306 g/mol. The van der Waals surface area contributed by atoms with Gasteiger partial charge in [-0.1, -0.05) is 36.4 Å². The van der Waals surface area contributed by atoms with Crippen LogP contribution in [0.5, 0.6) is 0 Å². The van der Waals surface area contributed by atoms with Crippen molar-refractivity contribution in [3.63, 3.8) is 0 Å². The number of carboxylic acid groups (broad SMARTS) is 1. The molecule has 0 bridgehead atoms. The van der Waals surface area contributed by atoms with Crippen molar-refractivity contribution in [2.24, 2.45) is 0 Å². The fourth-order valence-corrected chi connectivity index (χ4v) is 2.24. The Labute approximate surface area is 132 Å². The molecule has 0 aliphatic heterocycles. The number of benzene rings is 1. The third-order valence-electron chi connectivity index (χ3n) is 3.44. The molecule has 22 heavy (non-hydrogen) atoms. The summed E-state index contributed by atoms with van der Waals surface area (Å²) in [5.74, 6) is 0. The van der Waals surface area contributed by atoms with Gasteiger partial charge in [0.15, 0.2) is 0 Å². The van der Waals surface area contributed by atoms with Crippen LogP contribution in [-0.2, 0) is 6.42 Å². The van der Waals surface area contributed by atoms with Crippen LogP contribution in [0.25, 0.3) is 0 Å². The van der Waals surface area contributed by atoms with Crippen molar-refractivity contribution in [2.45, 2.75) is 37.8 Å². The zero-order valence-electron chi connectivity index (χ0n) is 12.9. The van der Waals surface area contributed by atoms with Gasteiger partial charge in [-0.3, -0.25) is 0 Å². The van der Waals surface area contributed by atoms with Crippen molar-refractivity contribution in [3.8, 4) is 0 Å². The zero-order valence-corrected chi connectivity index (χ0v) is 12.9. The van der Waals surface area contributed by atoms with Gasteiger partial charge >= 0.3 is 6.09 Å². The first-order chi connectivity index (χ1) is 10.6. The second-order valence-electron chi connectivity index (χ2n) is 5.30. The van der Waals surface area contributed by atoms with Crippen LogP contribution in [0.15, 0.2) is 43.0 Å². The topological polar surface area (TPSA) is 81.6 Å². The molecular formula is C17H26N2O3. The summed E-state index contributed by atoms with van der Waals surface area (Å²) in [6.07, 6.45) is 3.53. The predicted molar refractivity (Wildman–Crippen MR) is 88.0 cm³/mol. The van der Waals surface area contributed by atoms with Gasteiger partial charge in [-0.05, 0) is 37.8 Å². The number of unbranched alkanes of at least 4 members (excludes halogenated alkanes) is 2. The van der Waals surface area contributed by atoms with Crippen LogP contribution in [0.2, 0.25) is 0 Å². The van der Waals surface area contributed by atoms with Crippen molar-refractivity contribution in [1.82, 2.24) is 10.6 Å². The Morgan fingerprint density at radius 3 is 2.64 bits per heavy atom. The van der Waals surface area contributed by atoms with E-state index in [0.29, 0.717) is 13.0 Å². The Hall–Kier alpha value is -1.85. The number of aliphatic hydroxyl groups excluding tert-OH is 1. The summed E-state index contributed by atoms with van der Waals surface area (Å²) < 4.78 is 0. The van der Waals surface area contributed by atoms with E-state index in [1.165, 1.54) is 0 Å². The highest BCUT2D eigenvalue weighted by Crippen LogP contribution is 2.06. The number of hydrogen-bond acceptors (Lipinski definition) is 3. The van der Waals surface area contributed by atoms with E-state index in [-0.39, 0.29) is 0 Å². The third-order valence-corrected chi connectivity index (χ3v) is 3.44. The maximum atomic E-state index is 10.9. The number of amides is 1. The summed E-state index contributed by atoms with van der Waals surface area (Å²) >= 11 is 0. The Morgan fingerprint density at radius 2 is 2.00 bits per heavy atom. The molecule has 1 aromatic carbocycles. The fraction of sp³-hybridized carbons (Fsp3) is 0.471. The summed E-state index contributed by atoms with van der Waals surface area (Å²) in [7, 11) is 0. The first kappa shape index (κ1) is 18.2. The maximum absolute atomic E-state index is 10.9. The highest BCUT2D eigenvalue weighted by atomic mass is 16.4. The summed E-state index contributed by atoms with van der Waals surface area (Å²) in [6, 6.07) is 9.03. The number of aliphatic hydroxyl groups is 1. The maximum Gasteiger partial charge on any atom is 0.404 e. The van der Waals surface area contributed by atoms with Gasteiger partial charge in [0.1, 0.15) is 0 Å². The quantitative estimate of drug-likeness (QED) is 0.373. The number of rotatable bonds is 11. The molecule has 1 rings (SSSR count). The highest BCUT2D eigenvalue weighted by Gasteiger charge is 2.21. The van der Waals surface area contributed by atoms with Gasteiger partial charge in [0, 0.05) is 6.54 Å². The molecule has 5 nitrogen and oxygen atoms in total. The van der Waals surface area contributed by atoms with Gasteiger partial charge in [-0.25, -0.2) is 4.79 Å². The summed E-state index contributed by atoms with van der Waals surface area (Å²) in [5, 5.41) is 24.7.